The Balaban J connectivity index is 1.97. The second-order valence-electron chi connectivity index (χ2n) is 4.78. The number of halogens is 1. The normalized spacial score (nSPS) is 19.9. The minimum absolute atomic E-state index is 0.0493. The lowest BCUT2D eigenvalue weighted by atomic mass is 10.2. The van der Waals surface area contributed by atoms with Crippen molar-refractivity contribution in [3.63, 3.8) is 0 Å². The molecule has 3 N–H and O–H groups in total. The van der Waals surface area contributed by atoms with Crippen molar-refractivity contribution in [1.29, 1.82) is 0 Å². The van der Waals surface area contributed by atoms with E-state index >= 15 is 0 Å². The van der Waals surface area contributed by atoms with Gasteiger partial charge >= 0.3 is 0 Å². The summed E-state index contributed by atoms with van der Waals surface area (Å²) in [4.78, 5) is 0. The van der Waals surface area contributed by atoms with Crippen LogP contribution in [-0.4, -0.2) is 48.8 Å². The number of rotatable bonds is 7. The van der Waals surface area contributed by atoms with Crippen LogP contribution in [0.4, 0.5) is 10.1 Å². The molecule has 2 atom stereocenters. The van der Waals surface area contributed by atoms with E-state index in [1.165, 1.54) is 6.07 Å². The molecule has 0 bridgehead atoms. The van der Waals surface area contributed by atoms with Gasteiger partial charge in [-0.15, -0.1) is 0 Å². The molecule has 1 aromatic rings. The summed E-state index contributed by atoms with van der Waals surface area (Å²) in [7, 11) is 0. The Morgan fingerprint density at radius 2 is 2.35 bits per heavy atom. The average molecular weight is 285 g/mol. The largest absolute Gasteiger partial charge is 0.489 e. The molecule has 1 heterocycles. The summed E-state index contributed by atoms with van der Waals surface area (Å²) >= 11 is 0. The van der Waals surface area contributed by atoms with Crippen molar-refractivity contribution in [1.82, 2.24) is 0 Å². The van der Waals surface area contributed by atoms with Crippen molar-refractivity contribution >= 4 is 5.69 Å². The number of hydrogen-bond acceptors (Lipinski definition) is 5. The van der Waals surface area contributed by atoms with E-state index in [9.17, 15) is 9.50 Å². The number of nitrogens with one attached hydrogen (secondary N) is 1. The molecular formula is C14H20FNO4. The van der Waals surface area contributed by atoms with E-state index in [2.05, 4.69) is 5.32 Å². The second kappa shape index (κ2) is 7.42. The molecule has 2 rings (SSSR count). The molecule has 0 aromatic heterocycles. The fourth-order valence-corrected chi connectivity index (χ4v) is 2.04. The molecule has 20 heavy (non-hydrogen) atoms. The van der Waals surface area contributed by atoms with Gasteiger partial charge in [0.1, 0.15) is 23.9 Å². The standard InChI is InChI=1S/C14H20FNO4/c15-12-4-1-5-13(14(12)16-7-10(18)8-17)20-9-11-3-2-6-19-11/h1,4-5,10-11,16-18H,2-3,6-9H2. The minimum atomic E-state index is -0.944. The molecule has 0 aliphatic carbocycles. The van der Waals surface area contributed by atoms with Gasteiger partial charge < -0.3 is 25.0 Å². The highest BCUT2D eigenvalue weighted by Crippen LogP contribution is 2.28. The number of aliphatic hydroxyl groups excluding tert-OH is 2. The Morgan fingerprint density at radius 1 is 1.50 bits per heavy atom. The van der Waals surface area contributed by atoms with E-state index in [-0.39, 0.29) is 24.9 Å². The molecule has 1 aromatic carbocycles. The van der Waals surface area contributed by atoms with E-state index in [4.69, 9.17) is 14.6 Å². The maximum absolute atomic E-state index is 13.8. The van der Waals surface area contributed by atoms with Gasteiger partial charge in [-0.25, -0.2) is 4.39 Å². The first-order chi connectivity index (χ1) is 9.70. The van der Waals surface area contributed by atoms with Crippen LogP contribution in [0, 0.1) is 5.82 Å². The summed E-state index contributed by atoms with van der Waals surface area (Å²) < 4.78 is 24.8. The van der Waals surface area contributed by atoms with Gasteiger partial charge in [0.15, 0.2) is 0 Å². The average Bonchev–Trinajstić information content (AvgIpc) is 2.97. The topological polar surface area (TPSA) is 71.0 Å². The fraction of sp³-hybridized carbons (Fsp3) is 0.571. The minimum Gasteiger partial charge on any atom is -0.489 e. The first-order valence-electron chi connectivity index (χ1n) is 6.76. The maximum Gasteiger partial charge on any atom is 0.150 e. The summed E-state index contributed by atoms with van der Waals surface area (Å²) in [5.41, 5.74) is 0.193. The lowest BCUT2D eigenvalue weighted by Gasteiger charge is -2.17. The Morgan fingerprint density at radius 3 is 3.05 bits per heavy atom. The highest BCUT2D eigenvalue weighted by atomic mass is 19.1. The third-order valence-corrected chi connectivity index (χ3v) is 3.15. The van der Waals surface area contributed by atoms with Crippen LogP contribution in [0.2, 0.25) is 0 Å². The van der Waals surface area contributed by atoms with Crippen molar-refractivity contribution in [3.8, 4) is 5.75 Å². The molecule has 6 heteroatoms. The van der Waals surface area contributed by atoms with Gasteiger partial charge in [0, 0.05) is 13.2 Å². The SMILES string of the molecule is OCC(O)CNc1c(F)cccc1OCC1CCCO1. The third-order valence-electron chi connectivity index (χ3n) is 3.15. The number of hydrogen-bond donors (Lipinski definition) is 3. The van der Waals surface area contributed by atoms with Crippen LogP contribution in [0.15, 0.2) is 18.2 Å². The number of ether oxygens (including phenoxy) is 2. The first-order valence-corrected chi connectivity index (χ1v) is 6.76. The molecule has 0 spiro atoms. The van der Waals surface area contributed by atoms with Crippen molar-refractivity contribution in [2.24, 2.45) is 0 Å². The number of aliphatic hydroxyl groups is 2. The van der Waals surface area contributed by atoms with E-state index in [0.29, 0.717) is 12.4 Å². The molecule has 2 unspecified atom stereocenters. The summed E-state index contributed by atoms with van der Waals surface area (Å²) in [5, 5.41) is 20.8. The van der Waals surface area contributed by atoms with Crippen molar-refractivity contribution in [2.45, 2.75) is 25.0 Å². The van der Waals surface area contributed by atoms with E-state index in [0.717, 1.165) is 19.4 Å². The molecular weight excluding hydrogens is 265 g/mol. The smallest absolute Gasteiger partial charge is 0.150 e. The highest BCUT2D eigenvalue weighted by Gasteiger charge is 2.18. The monoisotopic (exact) mass is 285 g/mol. The van der Waals surface area contributed by atoms with E-state index < -0.39 is 11.9 Å². The molecule has 0 saturated carbocycles. The van der Waals surface area contributed by atoms with Crippen molar-refractivity contribution in [3.05, 3.63) is 24.0 Å². The molecule has 0 amide bonds. The predicted octanol–water partition coefficient (Wildman–Crippen LogP) is 1.15. The predicted molar refractivity (Wildman–Crippen MR) is 72.5 cm³/mol. The summed E-state index contributed by atoms with van der Waals surface area (Å²) in [6, 6.07) is 4.53. The van der Waals surface area contributed by atoms with E-state index in [1.807, 2.05) is 0 Å². The highest BCUT2D eigenvalue weighted by molar-refractivity contribution is 5.57. The van der Waals surface area contributed by atoms with Crippen molar-refractivity contribution in [2.75, 3.05) is 31.7 Å². The van der Waals surface area contributed by atoms with Gasteiger partial charge in [-0.3, -0.25) is 0 Å². The number of para-hydroxylation sites is 1. The molecule has 5 nitrogen and oxygen atoms in total. The zero-order valence-electron chi connectivity index (χ0n) is 11.2. The van der Waals surface area contributed by atoms with Crippen LogP contribution in [0.5, 0.6) is 5.75 Å². The zero-order valence-corrected chi connectivity index (χ0v) is 11.2. The molecule has 1 saturated heterocycles. The quantitative estimate of drug-likeness (QED) is 0.701. The third kappa shape index (κ3) is 4.06. The maximum atomic E-state index is 13.8. The summed E-state index contributed by atoms with van der Waals surface area (Å²) in [6.07, 6.45) is 1.07. The first kappa shape index (κ1) is 15.0. The van der Waals surface area contributed by atoms with Crippen LogP contribution in [0.25, 0.3) is 0 Å². The fourth-order valence-electron chi connectivity index (χ4n) is 2.04. The Labute approximate surface area is 117 Å². The zero-order chi connectivity index (χ0) is 14.4. The van der Waals surface area contributed by atoms with Gasteiger partial charge in [-0.2, -0.15) is 0 Å². The van der Waals surface area contributed by atoms with Crippen LogP contribution >= 0.6 is 0 Å². The van der Waals surface area contributed by atoms with Crippen LogP contribution < -0.4 is 10.1 Å². The molecule has 1 aliphatic heterocycles. The van der Waals surface area contributed by atoms with E-state index in [1.54, 1.807) is 12.1 Å². The molecule has 1 aliphatic rings. The van der Waals surface area contributed by atoms with Crippen molar-refractivity contribution < 1.29 is 24.1 Å². The van der Waals surface area contributed by atoms with Crippen LogP contribution in [-0.2, 0) is 4.74 Å². The van der Waals surface area contributed by atoms with Gasteiger partial charge in [-0.1, -0.05) is 6.07 Å². The summed E-state index contributed by atoms with van der Waals surface area (Å²) in [6.45, 7) is 0.785. The van der Waals surface area contributed by atoms with Gasteiger partial charge in [0.05, 0.1) is 18.8 Å². The second-order valence-corrected chi connectivity index (χ2v) is 4.78. The molecule has 1 fully saturated rings. The number of anilines is 1. The molecule has 0 radical (unpaired) electrons. The van der Waals surface area contributed by atoms with Crippen LogP contribution in [0.1, 0.15) is 12.8 Å². The lowest BCUT2D eigenvalue weighted by molar-refractivity contribution is 0.0680. The Kier molecular flexibility index (Phi) is 5.58. The van der Waals surface area contributed by atoms with Gasteiger partial charge in [0.25, 0.3) is 0 Å². The Hall–Kier alpha value is -1.37. The van der Waals surface area contributed by atoms with Gasteiger partial charge in [-0.05, 0) is 25.0 Å². The van der Waals surface area contributed by atoms with Gasteiger partial charge in [0.2, 0.25) is 0 Å². The van der Waals surface area contributed by atoms with Crippen LogP contribution in [0.3, 0.4) is 0 Å². The number of benzene rings is 1. The lowest BCUT2D eigenvalue weighted by Crippen LogP contribution is -2.24. The summed E-state index contributed by atoms with van der Waals surface area (Å²) in [5.74, 6) is -0.0781. The Bertz CT molecular complexity index is 424. The molecule has 112 valence electrons.